The highest BCUT2D eigenvalue weighted by atomic mass is 16.5. The molecule has 1 aromatic carbocycles. The van der Waals surface area contributed by atoms with Crippen LogP contribution in [-0.4, -0.2) is 60.4 Å². The van der Waals surface area contributed by atoms with Crippen molar-refractivity contribution in [3.63, 3.8) is 0 Å². The minimum Gasteiger partial charge on any atom is -0.503 e. The Labute approximate surface area is 181 Å². The van der Waals surface area contributed by atoms with Crippen molar-refractivity contribution >= 4 is 17.8 Å². The van der Waals surface area contributed by atoms with Crippen LogP contribution in [0.1, 0.15) is 17.4 Å². The fourth-order valence-electron chi connectivity index (χ4n) is 3.35. The maximum atomic E-state index is 13.0. The van der Waals surface area contributed by atoms with Crippen LogP contribution >= 0.6 is 0 Å². The molecule has 0 saturated heterocycles. The third-order valence-corrected chi connectivity index (χ3v) is 4.84. The molecular formula is C24H26N2O5. The minimum absolute atomic E-state index is 0.0347. The summed E-state index contributed by atoms with van der Waals surface area (Å²) in [5.41, 5.74) is 0.708. The van der Waals surface area contributed by atoms with Crippen molar-refractivity contribution < 1.29 is 23.8 Å². The molecule has 7 heteroatoms. The van der Waals surface area contributed by atoms with Crippen LogP contribution in [0.4, 0.5) is 0 Å². The van der Waals surface area contributed by atoms with Gasteiger partial charge in [0.2, 0.25) is 0 Å². The number of ketones is 1. The van der Waals surface area contributed by atoms with E-state index in [1.807, 2.05) is 25.1 Å². The lowest BCUT2D eigenvalue weighted by molar-refractivity contribution is -0.129. The molecule has 2 aromatic rings. The quantitative estimate of drug-likeness (QED) is 0.467. The number of benzene rings is 1. The van der Waals surface area contributed by atoms with Gasteiger partial charge >= 0.3 is 0 Å². The van der Waals surface area contributed by atoms with Gasteiger partial charge in [-0.25, -0.2) is 0 Å². The van der Waals surface area contributed by atoms with E-state index in [9.17, 15) is 14.7 Å². The lowest BCUT2D eigenvalue weighted by atomic mass is 9.95. The first-order valence-corrected chi connectivity index (χ1v) is 9.90. The summed E-state index contributed by atoms with van der Waals surface area (Å²) in [4.78, 5) is 29.3. The molecule has 1 N–H and O–H groups in total. The molecule has 31 heavy (non-hydrogen) atoms. The van der Waals surface area contributed by atoms with E-state index in [1.54, 1.807) is 36.4 Å². The average molecular weight is 422 g/mol. The van der Waals surface area contributed by atoms with Crippen LogP contribution in [0.2, 0.25) is 0 Å². The highest BCUT2D eigenvalue weighted by Gasteiger charge is 2.42. The molecule has 0 spiro atoms. The maximum absolute atomic E-state index is 13.0. The number of carbonyl (C=O) groups is 2. The van der Waals surface area contributed by atoms with Crippen molar-refractivity contribution in [2.24, 2.45) is 0 Å². The van der Waals surface area contributed by atoms with Gasteiger partial charge in [0.05, 0.1) is 17.9 Å². The number of hydrogen-bond acceptors (Lipinski definition) is 6. The number of nitrogens with zero attached hydrogens (tertiary/aromatic N) is 2. The van der Waals surface area contributed by atoms with Gasteiger partial charge in [-0.15, -0.1) is 0 Å². The minimum atomic E-state index is -0.728. The average Bonchev–Trinajstić information content (AvgIpc) is 3.36. The zero-order valence-electron chi connectivity index (χ0n) is 17.7. The maximum Gasteiger partial charge on any atom is 0.290 e. The molecule has 3 rings (SSSR count). The van der Waals surface area contributed by atoms with Crippen molar-refractivity contribution in [3.8, 4) is 5.75 Å². The molecule has 0 radical (unpaired) electrons. The third-order valence-electron chi connectivity index (χ3n) is 4.84. The molecule has 1 unspecified atom stereocenters. The zero-order valence-corrected chi connectivity index (χ0v) is 17.7. The molecular weight excluding hydrogens is 396 g/mol. The molecule has 162 valence electrons. The van der Waals surface area contributed by atoms with Crippen molar-refractivity contribution in [2.75, 3.05) is 33.8 Å². The van der Waals surface area contributed by atoms with Gasteiger partial charge in [0.15, 0.2) is 11.5 Å². The second kappa shape index (κ2) is 9.95. The van der Waals surface area contributed by atoms with E-state index in [1.165, 1.54) is 23.3 Å². The molecule has 0 saturated carbocycles. The monoisotopic (exact) mass is 422 g/mol. The summed E-state index contributed by atoms with van der Waals surface area (Å²) in [6.45, 7) is 4.89. The normalized spacial score (nSPS) is 16.5. The van der Waals surface area contributed by atoms with Crippen molar-refractivity contribution in [3.05, 3.63) is 84.0 Å². The topological polar surface area (TPSA) is 83.2 Å². The van der Waals surface area contributed by atoms with Crippen LogP contribution in [0.25, 0.3) is 6.08 Å². The summed E-state index contributed by atoms with van der Waals surface area (Å²) in [7, 11) is 3.79. The number of rotatable bonds is 10. The number of hydrogen-bond donors (Lipinski definition) is 1. The Morgan fingerprint density at radius 3 is 2.81 bits per heavy atom. The van der Waals surface area contributed by atoms with Crippen LogP contribution in [-0.2, 0) is 9.59 Å². The molecule has 0 bridgehead atoms. The molecule has 1 aliphatic rings. The third kappa shape index (κ3) is 5.13. The van der Waals surface area contributed by atoms with Gasteiger partial charge in [-0.05, 0) is 56.1 Å². The van der Waals surface area contributed by atoms with Crippen molar-refractivity contribution in [1.29, 1.82) is 0 Å². The van der Waals surface area contributed by atoms with Crippen LogP contribution in [0, 0.1) is 0 Å². The first-order valence-electron chi connectivity index (χ1n) is 9.90. The summed E-state index contributed by atoms with van der Waals surface area (Å²) in [5.74, 6) is -0.480. The lowest BCUT2D eigenvalue weighted by Gasteiger charge is -2.28. The van der Waals surface area contributed by atoms with Gasteiger partial charge in [-0.2, -0.15) is 0 Å². The van der Waals surface area contributed by atoms with E-state index in [-0.39, 0.29) is 5.57 Å². The molecule has 1 aliphatic heterocycles. The molecule has 1 amide bonds. The van der Waals surface area contributed by atoms with E-state index in [0.29, 0.717) is 36.8 Å². The highest BCUT2D eigenvalue weighted by molar-refractivity contribution is 6.14. The fourth-order valence-corrected chi connectivity index (χ4v) is 3.35. The Hall–Kier alpha value is -3.58. The van der Waals surface area contributed by atoms with Crippen molar-refractivity contribution in [1.82, 2.24) is 9.80 Å². The lowest BCUT2D eigenvalue weighted by Crippen LogP contribution is -2.36. The Bertz CT molecular complexity index is 1000. The van der Waals surface area contributed by atoms with Gasteiger partial charge in [0.1, 0.15) is 18.1 Å². The first-order chi connectivity index (χ1) is 14.9. The van der Waals surface area contributed by atoms with E-state index in [4.69, 9.17) is 9.15 Å². The summed E-state index contributed by atoms with van der Waals surface area (Å²) >= 11 is 0. The van der Waals surface area contributed by atoms with E-state index >= 15 is 0 Å². The second-order valence-corrected chi connectivity index (χ2v) is 7.35. The summed E-state index contributed by atoms with van der Waals surface area (Å²) < 4.78 is 10.8. The van der Waals surface area contributed by atoms with E-state index in [2.05, 4.69) is 6.58 Å². The smallest absolute Gasteiger partial charge is 0.290 e. The van der Waals surface area contributed by atoms with Gasteiger partial charge in [-0.1, -0.05) is 24.8 Å². The largest absolute Gasteiger partial charge is 0.503 e. The number of amides is 1. The Balaban J connectivity index is 1.98. The van der Waals surface area contributed by atoms with Crippen molar-refractivity contribution in [2.45, 2.75) is 6.04 Å². The van der Waals surface area contributed by atoms with Gasteiger partial charge in [-0.3, -0.25) is 9.59 Å². The van der Waals surface area contributed by atoms with Crippen LogP contribution < -0.4 is 4.74 Å². The van der Waals surface area contributed by atoms with Crippen LogP contribution in [0.3, 0.4) is 0 Å². The number of carbonyl (C=O) groups excluding carboxylic acids is 2. The molecule has 1 atom stereocenters. The first kappa shape index (κ1) is 22.1. The van der Waals surface area contributed by atoms with Gasteiger partial charge < -0.3 is 24.1 Å². The molecule has 7 nitrogen and oxygen atoms in total. The molecule has 0 aliphatic carbocycles. The predicted octanol–water partition coefficient (Wildman–Crippen LogP) is 3.38. The summed E-state index contributed by atoms with van der Waals surface area (Å²) in [6.07, 6.45) is 5.95. The number of allylic oxidation sites excluding steroid dienone is 1. The van der Waals surface area contributed by atoms with E-state index in [0.717, 1.165) is 0 Å². The van der Waals surface area contributed by atoms with Gasteiger partial charge in [0, 0.05) is 13.1 Å². The Morgan fingerprint density at radius 1 is 1.32 bits per heavy atom. The summed E-state index contributed by atoms with van der Waals surface area (Å²) in [5, 5.41) is 10.6. The Kier molecular flexibility index (Phi) is 7.10. The van der Waals surface area contributed by atoms with Gasteiger partial charge in [0.25, 0.3) is 5.91 Å². The second-order valence-electron chi connectivity index (χ2n) is 7.35. The number of aliphatic hydroxyl groups excluding tert-OH is 1. The highest BCUT2D eigenvalue weighted by Crippen LogP contribution is 2.38. The molecule has 0 fully saturated rings. The number of likely N-dealkylation sites (N-methyl/N-ethyl adjacent to an activating group) is 1. The standard InChI is InChI=1S/C24H26N2O5/c1-4-14-30-19-8-5-7-17(16-19)22-21(20(27)11-10-18-9-6-15-31-18)23(28)24(29)26(22)13-12-25(2)3/h4-11,15-16,22,28H,1,12-14H2,2-3H3/b11-10+. The zero-order chi connectivity index (χ0) is 22.4. The Morgan fingerprint density at radius 2 is 2.13 bits per heavy atom. The number of aliphatic hydroxyl groups is 1. The SMILES string of the molecule is C=CCOc1cccc(C2C(C(=O)/C=C/c3ccco3)=C(O)C(=O)N2CCN(C)C)c1. The molecule has 1 aromatic heterocycles. The predicted molar refractivity (Wildman–Crippen MR) is 118 cm³/mol. The summed E-state index contributed by atoms with van der Waals surface area (Å²) in [6, 6.07) is 9.84. The van der Waals surface area contributed by atoms with Crippen LogP contribution in [0.15, 0.2) is 77.1 Å². The fraction of sp³-hybridized carbons (Fsp3) is 0.250. The number of ether oxygens (including phenoxy) is 1. The number of furan rings is 1. The van der Waals surface area contributed by atoms with E-state index < -0.39 is 23.5 Å². The molecule has 2 heterocycles. The van der Waals surface area contributed by atoms with Crippen LogP contribution in [0.5, 0.6) is 5.75 Å².